The molecule has 0 amide bonds. The topological polar surface area (TPSA) is 43.3 Å². The molecule has 0 saturated carbocycles. The van der Waals surface area contributed by atoms with Gasteiger partial charge in [-0.15, -0.1) is 0 Å². The first-order chi connectivity index (χ1) is 9.49. The summed E-state index contributed by atoms with van der Waals surface area (Å²) in [5.74, 6) is 0. The molecule has 3 rings (SSSR count). The molecule has 20 heavy (non-hydrogen) atoms. The lowest BCUT2D eigenvalue weighted by Gasteiger charge is -2.11. The molecule has 0 fully saturated rings. The van der Waals surface area contributed by atoms with E-state index in [2.05, 4.69) is 24.2 Å². The van der Waals surface area contributed by atoms with Crippen LogP contribution in [0.2, 0.25) is 5.02 Å². The Bertz CT molecular complexity index is 818. The summed E-state index contributed by atoms with van der Waals surface area (Å²) < 4.78 is 1.89. The van der Waals surface area contributed by atoms with Crippen LogP contribution < -0.4 is 5.73 Å². The number of pyridine rings is 1. The molecule has 2 heterocycles. The van der Waals surface area contributed by atoms with Crippen LogP contribution in [-0.2, 0) is 0 Å². The molecule has 0 aliphatic rings. The second kappa shape index (κ2) is 4.53. The number of fused-ring (bicyclic) bond motifs is 1. The maximum absolute atomic E-state index is 6.41. The zero-order valence-electron chi connectivity index (χ0n) is 11.7. The molecule has 1 aromatic carbocycles. The molecule has 4 heteroatoms. The minimum atomic E-state index is 0.717. The van der Waals surface area contributed by atoms with E-state index < -0.39 is 0 Å². The third kappa shape index (κ3) is 1.86. The first kappa shape index (κ1) is 13.0. The zero-order chi connectivity index (χ0) is 14.4. The smallest absolute Gasteiger partial charge is 0.0901 e. The summed E-state index contributed by atoms with van der Waals surface area (Å²) in [5, 5.41) is 5.28. The van der Waals surface area contributed by atoms with Crippen LogP contribution >= 0.6 is 11.6 Å². The van der Waals surface area contributed by atoms with Gasteiger partial charge in [0.05, 0.1) is 27.6 Å². The molecule has 0 bridgehead atoms. The normalized spacial score (nSPS) is 11.2. The lowest BCUT2D eigenvalue weighted by molar-refractivity contribution is 0.935. The second-order valence-electron chi connectivity index (χ2n) is 5.14. The molecule has 0 unspecified atom stereocenters. The molecule has 2 N–H and O–H groups in total. The van der Waals surface area contributed by atoms with Gasteiger partial charge in [-0.1, -0.05) is 29.8 Å². The lowest BCUT2D eigenvalue weighted by atomic mass is 10.0. The first-order valence-corrected chi connectivity index (χ1v) is 6.88. The maximum atomic E-state index is 6.41. The predicted octanol–water partition coefficient (Wildman–Crippen LogP) is 4.16. The van der Waals surface area contributed by atoms with Gasteiger partial charge >= 0.3 is 0 Å². The molecular weight excluding hydrogens is 270 g/mol. The van der Waals surface area contributed by atoms with Gasteiger partial charge in [0.15, 0.2) is 0 Å². The highest BCUT2D eigenvalue weighted by Crippen LogP contribution is 2.33. The monoisotopic (exact) mass is 285 g/mol. The summed E-state index contributed by atoms with van der Waals surface area (Å²) in [5.41, 5.74) is 12.8. The van der Waals surface area contributed by atoms with Crippen molar-refractivity contribution in [1.82, 2.24) is 9.61 Å². The van der Waals surface area contributed by atoms with Gasteiger partial charge in [0.2, 0.25) is 0 Å². The zero-order valence-corrected chi connectivity index (χ0v) is 12.5. The van der Waals surface area contributed by atoms with E-state index in [-0.39, 0.29) is 0 Å². The Hall–Kier alpha value is -2.00. The number of aromatic nitrogens is 2. The van der Waals surface area contributed by atoms with E-state index in [0.717, 1.165) is 44.3 Å². The van der Waals surface area contributed by atoms with Crippen LogP contribution in [0.15, 0.2) is 30.3 Å². The van der Waals surface area contributed by atoms with Crippen LogP contribution in [0.3, 0.4) is 0 Å². The molecule has 0 aliphatic heterocycles. The van der Waals surface area contributed by atoms with Crippen molar-refractivity contribution in [3.63, 3.8) is 0 Å². The highest BCUT2D eigenvalue weighted by molar-refractivity contribution is 6.33. The van der Waals surface area contributed by atoms with Gasteiger partial charge in [-0.3, -0.25) is 0 Å². The molecule has 0 radical (unpaired) electrons. The number of benzene rings is 1. The molecule has 102 valence electrons. The summed E-state index contributed by atoms with van der Waals surface area (Å²) in [7, 11) is 0. The van der Waals surface area contributed by atoms with E-state index in [9.17, 15) is 0 Å². The fourth-order valence-corrected chi connectivity index (χ4v) is 2.80. The molecular formula is C16H16ClN3. The Kier molecular flexibility index (Phi) is 2.94. The number of hydrogen-bond donors (Lipinski definition) is 1. The van der Waals surface area contributed by atoms with Crippen molar-refractivity contribution in [2.75, 3.05) is 5.73 Å². The molecule has 3 nitrogen and oxygen atoms in total. The van der Waals surface area contributed by atoms with Gasteiger partial charge in [0.1, 0.15) is 0 Å². The van der Waals surface area contributed by atoms with E-state index in [4.69, 9.17) is 17.3 Å². The van der Waals surface area contributed by atoms with Gasteiger partial charge in [-0.05, 0) is 44.0 Å². The van der Waals surface area contributed by atoms with Crippen LogP contribution in [0.25, 0.3) is 16.8 Å². The van der Waals surface area contributed by atoms with Crippen LogP contribution in [0.1, 0.15) is 16.8 Å². The van der Waals surface area contributed by atoms with Crippen LogP contribution in [-0.4, -0.2) is 9.61 Å². The summed E-state index contributed by atoms with van der Waals surface area (Å²) in [6.45, 7) is 6.00. The SMILES string of the molecule is Cc1ccc(-c2c(C)ccc3c(N)c(C)nn23)c(Cl)c1. The van der Waals surface area contributed by atoms with E-state index in [1.807, 2.05) is 36.6 Å². The number of aryl methyl sites for hydroxylation is 3. The molecule has 0 saturated heterocycles. The fourth-order valence-electron chi connectivity index (χ4n) is 2.48. The fraction of sp³-hybridized carbons (Fsp3) is 0.188. The van der Waals surface area contributed by atoms with Gasteiger partial charge in [-0.2, -0.15) is 5.10 Å². The average Bonchev–Trinajstić information content (AvgIpc) is 2.67. The Labute approximate surface area is 123 Å². The Morgan fingerprint density at radius 2 is 1.85 bits per heavy atom. The van der Waals surface area contributed by atoms with Gasteiger partial charge in [0.25, 0.3) is 0 Å². The number of nitrogen functional groups attached to an aromatic ring is 1. The van der Waals surface area contributed by atoms with Gasteiger partial charge in [-0.25, -0.2) is 4.52 Å². The Morgan fingerprint density at radius 3 is 2.55 bits per heavy atom. The van der Waals surface area contributed by atoms with E-state index in [1.54, 1.807) is 0 Å². The average molecular weight is 286 g/mol. The van der Waals surface area contributed by atoms with Gasteiger partial charge in [0, 0.05) is 5.56 Å². The van der Waals surface area contributed by atoms with Crippen LogP contribution in [0.5, 0.6) is 0 Å². The predicted molar refractivity (Wildman–Crippen MR) is 84.3 cm³/mol. The highest BCUT2D eigenvalue weighted by atomic mass is 35.5. The van der Waals surface area contributed by atoms with Crippen molar-refractivity contribution in [3.05, 3.63) is 52.2 Å². The molecule has 0 atom stereocenters. The number of rotatable bonds is 1. The number of hydrogen-bond acceptors (Lipinski definition) is 2. The lowest BCUT2D eigenvalue weighted by Crippen LogP contribution is -1.98. The van der Waals surface area contributed by atoms with Crippen LogP contribution in [0, 0.1) is 20.8 Å². The third-order valence-electron chi connectivity index (χ3n) is 3.60. The minimum Gasteiger partial charge on any atom is -0.395 e. The standard InChI is InChI=1S/C16H16ClN3/c1-9-4-6-12(13(17)8-9)16-10(2)5-7-14-15(18)11(3)19-20(14)16/h4-8H,18H2,1-3H3. The number of nitrogens with two attached hydrogens (primary N) is 1. The summed E-state index contributed by atoms with van der Waals surface area (Å²) in [6.07, 6.45) is 0. The first-order valence-electron chi connectivity index (χ1n) is 6.50. The molecule has 0 spiro atoms. The second-order valence-corrected chi connectivity index (χ2v) is 5.55. The van der Waals surface area contributed by atoms with Gasteiger partial charge < -0.3 is 5.73 Å². The Morgan fingerprint density at radius 1 is 1.10 bits per heavy atom. The summed E-state index contributed by atoms with van der Waals surface area (Å²) >= 11 is 6.41. The van der Waals surface area contributed by atoms with Crippen molar-refractivity contribution >= 4 is 22.8 Å². The number of anilines is 1. The van der Waals surface area contributed by atoms with E-state index in [1.165, 1.54) is 0 Å². The van der Waals surface area contributed by atoms with Crippen LogP contribution in [0.4, 0.5) is 5.69 Å². The van der Waals surface area contributed by atoms with E-state index >= 15 is 0 Å². The molecule has 2 aromatic heterocycles. The van der Waals surface area contributed by atoms with Crippen molar-refractivity contribution < 1.29 is 0 Å². The summed E-state index contributed by atoms with van der Waals surface area (Å²) in [4.78, 5) is 0. The number of halogens is 1. The summed E-state index contributed by atoms with van der Waals surface area (Å²) in [6, 6.07) is 10.1. The quantitative estimate of drug-likeness (QED) is 0.729. The van der Waals surface area contributed by atoms with Crippen molar-refractivity contribution in [3.8, 4) is 11.3 Å². The minimum absolute atomic E-state index is 0.717. The van der Waals surface area contributed by atoms with Crippen molar-refractivity contribution in [1.29, 1.82) is 0 Å². The Balaban J connectivity index is 2.40. The number of nitrogens with zero attached hydrogens (tertiary/aromatic N) is 2. The highest BCUT2D eigenvalue weighted by Gasteiger charge is 2.15. The van der Waals surface area contributed by atoms with E-state index in [0.29, 0.717) is 0 Å². The molecule has 3 aromatic rings. The largest absolute Gasteiger partial charge is 0.395 e. The maximum Gasteiger partial charge on any atom is 0.0901 e. The third-order valence-corrected chi connectivity index (χ3v) is 3.91. The molecule has 0 aliphatic carbocycles. The van der Waals surface area contributed by atoms with Crippen molar-refractivity contribution in [2.24, 2.45) is 0 Å². The van der Waals surface area contributed by atoms with Crippen molar-refractivity contribution in [2.45, 2.75) is 20.8 Å².